The number of rotatable bonds is 7. The summed E-state index contributed by atoms with van der Waals surface area (Å²) in [5.41, 5.74) is 5.04. The Balaban J connectivity index is 1.94. The molecule has 0 saturated heterocycles. The smallest absolute Gasteiger partial charge is 0.259 e. The Kier molecular flexibility index (Phi) is 6.63. The van der Waals surface area contributed by atoms with Gasteiger partial charge in [-0.05, 0) is 36.2 Å². The second kappa shape index (κ2) is 8.93. The highest BCUT2D eigenvalue weighted by atomic mass is 35.5. The van der Waals surface area contributed by atoms with Gasteiger partial charge in [-0.3, -0.25) is 4.79 Å². The summed E-state index contributed by atoms with van der Waals surface area (Å²) in [6.45, 7) is 2.08. The fraction of sp³-hybridized carbons (Fsp3) is 0.222. The van der Waals surface area contributed by atoms with E-state index < -0.39 is 0 Å². The first-order valence-electron chi connectivity index (χ1n) is 7.62. The van der Waals surface area contributed by atoms with Gasteiger partial charge in [0.1, 0.15) is 5.75 Å². The van der Waals surface area contributed by atoms with Crippen LogP contribution in [-0.2, 0) is 4.79 Å². The SMILES string of the molecule is CC/C(=N/NC(=O)CNc1ccccc1OC)c1ccc(Cl)cc1. The van der Waals surface area contributed by atoms with Gasteiger partial charge in [0.05, 0.1) is 25.1 Å². The Morgan fingerprint density at radius 3 is 2.54 bits per heavy atom. The highest BCUT2D eigenvalue weighted by molar-refractivity contribution is 6.30. The van der Waals surface area contributed by atoms with Crippen molar-refractivity contribution in [1.82, 2.24) is 5.43 Å². The molecule has 0 aliphatic heterocycles. The van der Waals surface area contributed by atoms with Crippen molar-refractivity contribution in [2.24, 2.45) is 5.10 Å². The van der Waals surface area contributed by atoms with Crippen LogP contribution in [-0.4, -0.2) is 25.3 Å². The Labute approximate surface area is 146 Å². The minimum absolute atomic E-state index is 0.0987. The fourth-order valence-corrected chi connectivity index (χ4v) is 2.25. The van der Waals surface area contributed by atoms with E-state index in [1.54, 1.807) is 19.2 Å². The standard InChI is InChI=1S/C18H20ClN3O2/c1-3-15(13-8-10-14(19)11-9-13)21-22-18(23)12-20-16-6-4-5-7-17(16)24-2/h4-11,20H,3,12H2,1-2H3,(H,22,23)/b21-15-. The summed E-state index contributed by atoms with van der Waals surface area (Å²) in [7, 11) is 1.59. The van der Waals surface area contributed by atoms with E-state index in [-0.39, 0.29) is 12.5 Å². The van der Waals surface area contributed by atoms with Gasteiger partial charge >= 0.3 is 0 Å². The zero-order chi connectivity index (χ0) is 17.4. The molecule has 0 atom stereocenters. The van der Waals surface area contributed by atoms with E-state index in [0.717, 1.165) is 17.0 Å². The maximum atomic E-state index is 12.0. The van der Waals surface area contributed by atoms with E-state index in [1.165, 1.54) is 0 Å². The van der Waals surface area contributed by atoms with Crippen molar-refractivity contribution in [2.45, 2.75) is 13.3 Å². The molecule has 0 aliphatic rings. The van der Waals surface area contributed by atoms with E-state index in [4.69, 9.17) is 16.3 Å². The van der Waals surface area contributed by atoms with Crippen LogP contribution in [0, 0.1) is 0 Å². The predicted molar refractivity (Wildman–Crippen MR) is 97.9 cm³/mol. The van der Waals surface area contributed by atoms with Gasteiger partial charge in [0, 0.05) is 5.02 Å². The van der Waals surface area contributed by atoms with E-state index in [2.05, 4.69) is 15.8 Å². The number of hydrogen-bond acceptors (Lipinski definition) is 4. The number of ether oxygens (including phenoxy) is 1. The van der Waals surface area contributed by atoms with Crippen LogP contribution < -0.4 is 15.5 Å². The molecule has 0 aromatic heterocycles. The lowest BCUT2D eigenvalue weighted by atomic mass is 10.1. The number of hydrogen-bond donors (Lipinski definition) is 2. The molecule has 0 fully saturated rings. The lowest BCUT2D eigenvalue weighted by molar-refractivity contribution is -0.119. The molecule has 0 unspecified atom stereocenters. The second-order valence-electron chi connectivity index (χ2n) is 5.01. The number of halogens is 1. The Hall–Kier alpha value is -2.53. The largest absolute Gasteiger partial charge is 0.495 e. The number of nitrogens with one attached hydrogen (secondary N) is 2. The van der Waals surface area contributed by atoms with Crippen molar-refractivity contribution in [2.75, 3.05) is 19.0 Å². The van der Waals surface area contributed by atoms with Crippen molar-refractivity contribution in [1.29, 1.82) is 0 Å². The van der Waals surface area contributed by atoms with E-state index in [9.17, 15) is 4.79 Å². The number of benzene rings is 2. The van der Waals surface area contributed by atoms with Crippen LogP contribution in [0.1, 0.15) is 18.9 Å². The molecule has 2 aromatic carbocycles. The van der Waals surface area contributed by atoms with Crippen molar-refractivity contribution < 1.29 is 9.53 Å². The average molecular weight is 346 g/mol. The molecule has 0 radical (unpaired) electrons. The molecule has 0 heterocycles. The minimum atomic E-state index is -0.235. The number of carbonyl (C=O) groups excluding carboxylic acids is 1. The van der Waals surface area contributed by atoms with Gasteiger partial charge in [-0.25, -0.2) is 5.43 Å². The molecule has 2 rings (SSSR count). The van der Waals surface area contributed by atoms with Gasteiger partial charge in [-0.2, -0.15) is 5.10 Å². The molecule has 1 amide bonds. The molecule has 0 bridgehead atoms. The minimum Gasteiger partial charge on any atom is -0.495 e. The zero-order valence-electron chi connectivity index (χ0n) is 13.7. The van der Waals surface area contributed by atoms with Crippen molar-refractivity contribution in [3.8, 4) is 5.75 Å². The maximum absolute atomic E-state index is 12.0. The number of anilines is 1. The summed E-state index contributed by atoms with van der Waals surface area (Å²) in [5.74, 6) is 0.449. The van der Waals surface area contributed by atoms with Crippen LogP contribution in [0.15, 0.2) is 53.6 Å². The molecule has 0 aliphatic carbocycles. The molecule has 2 N–H and O–H groups in total. The monoisotopic (exact) mass is 345 g/mol. The first kappa shape index (κ1) is 17.8. The third-order valence-electron chi connectivity index (χ3n) is 3.37. The highest BCUT2D eigenvalue weighted by Gasteiger charge is 2.06. The number of para-hydroxylation sites is 2. The van der Waals surface area contributed by atoms with Gasteiger partial charge < -0.3 is 10.1 Å². The highest BCUT2D eigenvalue weighted by Crippen LogP contribution is 2.22. The first-order chi connectivity index (χ1) is 11.6. The third kappa shape index (κ3) is 4.99. The molecule has 5 nitrogen and oxygen atoms in total. The van der Waals surface area contributed by atoms with Crippen molar-refractivity contribution >= 4 is 28.9 Å². The molecule has 2 aromatic rings. The summed E-state index contributed by atoms with van der Waals surface area (Å²) in [6, 6.07) is 14.8. The quantitative estimate of drug-likeness (QED) is 0.594. The maximum Gasteiger partial charge on any atom is 0.259 e. The van der Waals surface area contributed by atoms with Gasteiger partial charge in [0.25, 0.3) is 5.91 Å². The lowest BCUT2D eigenvalue weighted by Gasteiger charge is -2.10. The van der Waals surface area contributed by atoms with Crippen LogP contribution in [0.25, 0.3) is 0 Å². The number of nitrogens with zero attached hydrogens (tertiary/aromatic N) is 1. The number of carbonyl (C=O) groups is 1. The van der Waals surface area contributed by atoms with Crippen molar-refractivity contribution in [3.05, 3.63) is 59.1 Å². The molecule has 24 heavy (non-hydrogen) atoms. The number of hydrazone groups is 1. The summed E-state index contributed by atoms with van der Waals surface area (Å²) >= 11 is 5.88. The van der Waals surface area contributed by atoms with E-state index >= 15 is 0 Å². The topological polar surface area (TPSA) is 62.7 Å². The average Bonchev–Trinajstić information content (AvgIpc) is 2.62. The first-order valence-corrected chi connectivity index (χ1v) is 8.00. The fourth-order valence-electron chi connectivity index (χ4n) is 2.13. The number of amides is 1. The Morgan fingerprint density at radius 2 is 1.88 bits per heavy atom. The predicted octanol–water partition coefficient (Wildman–Crippen LogP) is 3.69. The molecular weight excluding hydrogens is 326 g/mol. The normalized spacial score (nSPS) is 11.0. The lowest BCUT2D eigenvalue weighted by Crippen LogP contribution is -2.27. The summed E-state index contributed by atoms with van der Waals surface area (Å²) in [5, 5.41) is 7.89. The third-order valence-corrected chi connectivity index (χ3v) is 3.63. The van der Waals surface area contributed by atoms with Gasteiger partial charge in [0.15, 0.2) is 0 Å². The zero-order valence-corrected chi connectivity index (χ0v) is 14.4. The van der Waals surface area contributed by atoms with Crippen LogP contribution in [0.2, 0.25) is 5.02 Å². The van der Waals surface area contributed by atoms with Crippen LogP contribution in [0.4, 0.5) is 5.69 Å². The van der Waals surface area contributed by atoms with Gasteiger partial charge in [-0.15, -0.1) is 0 Å². The van der Waals surface area contributed by atoms with E-state index in [1.807, 2.05) is 43.3 Å². The molecular formula is C18H20ClN3O2. The molecule has 6 heteroatoms. The number of methoxy groups -OCH3 is 1. The van der Waals surface area contributed by atoms with E-state index in [0.29, 0.717) is 17.2 Å². The molecule has 126 valence electrons. The summed E-state index contributed by atoms with van der Waals surface area (Å²) < 4.78 is 5.23. The Morgan fingerprint density at radius 1 is 1.17 bits per heavy atom. The molecule has 0 saturated carbocycles. The van der Waals surface area contributed by atoms with Crippen LogP contribution in [0.3, 0.4) is 0 Å². The molecule has 0 spiro atoms. The van der Waals surface area contributed by atoms with Gasteiger partial charge in [-0.1, -0.05) is 42.8 Å². The second-order valence-corrected chi connectivity index (χ2v) is 5.44. The van der Waals surface area contributed by atoms with Gasteiger partial charge in [0.2, 0.25) is 0 Å². The summed E-state index contributed by atoms with van der Waals surface area (Å²) in [4.78, 5) is 12.0. The van der Waals surface area contributed by atoms with Crippen LogP contribution in [0.5, 0.6) is 5.75 Å². The summed E-state index contributed by atoms with van der Waals surface area (Å²) in [6.07, 6.45) is 0.696. The Bertz CT molecular complexity index is 714. The van der Waals surface area contributed by atoms with Crippen molar-refractivity contribution in [3.63, 3.8) is 0 Å². The van der Waals surface area contributed by atoms with Crippen LogP contribution >= 0.6 is 11.6 Å².